The summed E-state index contributed by atoms with van der Waals surface area (Å²) in [7, 11) is 0. The van der Waals surface area contributed by atoms with Crippen molar-refractivity contribution in [2.75, 3.05) is 10.6 Å². The van der Waals surface area contributed by atoms with Crippen LogP contribution in [0.4, 0.5) is 20.7 Å². The minimum absolute atomic E-state index is 0.0140. The predicted molar refractivity (Wildman–Crippen MR) is 102 cm³/mol. The van der Waals surface area contributed by atoms with E-state index >= 15 is 0 Å². The topological polar surface area (TPSA) is 100 Å². The van der Waals surface area contributed by atoms with Gasteiger partial charge in [-0.05, 0) is 44.0 Å². The molecule has 4 N–H and O–H groups in total. The molecular weight excluding hydrogens is 363 g/mol. The van der Waals surface area contributed by atoms with Crippen LogP contribution in [0.3, 0.4) is 0 Å². The average molecular weight is 386 g/mol. The highest BCUT2D eigenvalue weighted by Crippen LogP contribution is 2.29. The minimum Gasteiger partial charge on any atom is -0.322 e. The van der Waals surface area contributed by atoms with Crippen LogP contribution in [0.5, 0.6) is 0 Å². The van der Waals surface area contributed by atoms with Crippen molar-refractivity contribution in [3.63, 3.8) is 0 Å². The molecule has 0 spiro atoms. The Bertz CT molecular complexity index is 881. The molecule has 2 fully saturated rings. The molecule has 4 rings (SSSR count). The normalized spacial score (nSPS) is 24.2. The lowest BCUT2D eigenvalue weighted by Gasteiger charge is -2.40. The van der Waals surface area contributed by atoms with E-state index in [0.29, 0.717) is 17.2 Å². The van der Waals surface area contributed by atoms with Gasteiger partial charge >= 0.3 is 6.03 Å². The third-order valence-electron chi connectivity index (χ3n) is 5.20. The molecule has 28 heavy (non-hydrogen) atoms. The Balaban J connectivity index is 1.48. The van der Waals surface area contributed by atoms with Gasteiger partial charge in [-0.15, -0.1) is 0 Å². The predicted octanol–water partition coefficient (Wildman–Crippen LogP) is 2.71. The zero-order chi connectivity index (χ0) is 19.7. The number of aromatic nitrogens is 2. The summed E-state index contributed by atoms with van der Waals surface area (Å²) < 4.78 is 14.6. The summed E-state index contributed by atoms with van der Waals surface area (Å²) >= 11 is 0. The lowest BCUT2D eigenvalue weighted by molar-refractivity contribution is -0.132. The van der Waals surface area contributed by atoms with Gasteiger partial charge in [-0.25, -0.2) is 13.9 Å². The lowest BCUT2D eigenvalue weighted by atomic mass is 9.83. The van der Waals surface area contributed by atoms with E-state index in [-0.39, 0.29) is 23.7 Å². The highest BCUT2D eigenvalue weighted by atomic mass is 19.1. The fourth-order valence-corrected chi connectivity index (χ4v) is 3.88. The number of aryl methyl sites for hydroxylation is 1. The number of benzene rings is 1. The number of amides is 3. The van der Waals surface area contributed by atoms with Crippen molar-refractivity contribution >= 4 is 23.4 Å². The van der Waals surface area contributed by atoms with Crippen LogP contribution in [0.15, 0.2) is 30.3 Å². The van der Waals surface area contributed by atoms with E-state index < -0.39 is 12.3 Å². The molecule has 3 unspecified atom stereocenters. The molecule has 3 amide bonds. The number of fused-ring (bicyclic) bond motifs is 1. The van der Waals surface area contributed by atoms with Gasteiger partial charge in [0.25, 0.3) is 0 Å². The maximum absolute atomic E-state index is 13.0. The van der Waals surface area contributed by atoms with Crippen LogP contribution in [-0.4, -0.2) is 27.8 Å². The number of nitrogens with one attached hydrogen (secondary N) is 4. The molecule has 8 nitrogen and oxygen atoms in total. The SMILES string of the molecule is Cc1cc(NC(=O)Nc2ccc(F)cc2)n(C2NC(=O)C3CCCCC3N2)n1. The first kappa shape index (κ1) is 18.4. The summed E-state index contributed by atoms with van der Waals surface area (Å²) in [5, 5.41) is 16.2. The molecule has 148 valence electrons. The smallest absolute Gasteiger partial charge is 0.322 e. The number of urea groups is 1. The Morgan fingerprint density at radius 3 is 2.75 bits per heavy atom. The van der Waals surface area contributed by atoms with Crippen molar-refractivity contribution < 1.29 is 14.0 Å². The van der Waals surface area contributed by atoms with E-state index in [0.717, 1.165) is 25.7 Å². The standard InChI is InChI=1S/C19H23FN6O2/c1-11-10-16(23-19(28)21-13-8-6-12(20)7-9-13)26(25-11)18-22-15-5-3-2-4-14(15)17(27)24-18/h6-10,14-15,18,22H,2-5H2,1H3,(H,24,27)(H2,21,23,28). The van der Waals surface area contributed by atoms with E-state index in [1.54, 1.807) is 10.7 Å². The highest BCUT2D eigenvalue weighted by molar-refractivity contribution is 5.99. The van der Waals surface area contributed by atoms with Gasteiger partial charge < -0.3 is 10.6 Å². The van der Waals surface area contributed by atoms with Crippen LogP contribution in [0, 0.1) is 18.7 Å². The van der Waals surface area contributed by atoms with Gasteiger partial charge in [-0.2, -0.15) is 5.10 Å². The second kappa shape index (κ2) is 7.59. The summed E-state index contributed by atoms with van der Waals surface area (Å²) in [6.45, 7) is 1.81. The molecule has 1 aliphatic heterocycles. The van der Waals surface area contributed by atoms with Gasteiger partial charge in [0, 0.05) is 17.8 Å². The maximum atomic E-state index is 13.0. The average Bonchev–Trinajstić information content (AvgIpc) is 3.03. The van der Waals surface area contributed by atoms with Crippen LogP contribution in [0.2, 0.25) is 0 Å². The maximum Gasteiger partial charge on any atom is 0.324 e. The fourth-order valence-electron chi connectivity index (χ4n) is 3.88. The minimum atomic E-state index is -0.526. The number of anilines is 2. The van der Waals surface area contributed by atoms with Gasteiger partial charge in [-0.1, -0.05) is 12.8 Å². The summed E-state index contributed by atoms with van der Waals surface area (Å²) in [6.07, 6.45) is 3.47. The van der Waals surface area contributed by atoms with Crippen molar-refractivity contribution in [1.82, 2.24) is 20.4 Å². The molecule has 1 aromatic carbocycles. The van der Waals surface area contributed by atoms with Crippen LogP contribution in [-0.2, 0) is 4.79 Å². The molecule has 1 aliphatic carbocycles. The van der Waals surface area contributed by atoms with Crippen molar-refractivity contribution in [3.05, 3.63) is 41.8 Å². The first-order chi connectivity index (χ1) is 13.5. The Morgan fingerprint density at radius 1 is 1.21 bits per heavy atom. The van der Waals surface area contributed by atoms with Gasteiger partial charge in [0.05, 0.1) is 11.6 Å². The molecule has 9 heteroatoms. The Kier molecular flexibility index (Phi) is 4.99. The first-order valence-corrected chi connectivity index (χ1v) is 9.46. The molecule has 0 radical (unpaired) electrons. The molecular formula is C19H23FN6O2. The molecule has 2 heterocycles. The molecule has 3 atom stereocenters. The summed E-state index contributed by atoms with van der Waals surface area (Å²) in [5.74, 6) is 0.0760. The quantitative estimate of drug-likeness (QED) is 0.652. The van der Waals surface area contributed by atoms with Gasteiger partial charge in [0.15, 0.2) is 6.29 Å². The van der Waals surface area contributed by atoms with Gasteiger partial charge in [0.2, 0.25) is 5.91 Å². The third kappa shape index (κ3) is 3.84. The zero-order valence-corrected chi connectivity index (χ0v) is 15.5. The van der Waals surface area contributed by atoms with E-state index in [4.69, 9.17) is 0 Å². The number of rotatable bonds is 3. The number of halogens is 1. The van der Waals surface area contributed by atoms with E-state index in [1.165, 1.54) is 24.3 Å². The number of nitrogens with zero attached hydrogens (tertiary/aromatic N) is 2. The summed E-state index contributed by atoms with van der Waals surface area (Å²) in [4.78, 5) is 24.8. The van der Waals surface area contributed by atoms with Crippen LogP contribution < -0.4 is 21.3 Å². The second-order valence-electron chi connectivity index (χ2n) is 7.28. The van der Waals surface area contributed by atoms with Crippen molar-refractivity contribution in [2.24, 2.45) is 5.92 Å². The number of carbonyl (C=O) groups is 2. The number of hydrogen-bond acceptors (Lipinski definition) is 4. The van der Waals surface area contributed by atoms with E-state index in [1.807, 2.05) is 6.92 Å². The van der Waals surface area contributed by atoms with Crippen molar-refractivity contribution in [3.8, 4) is 0 Å². The molecule has 1 saturated carbocycles. The highest BCUT2D eigenvalue weighted by Gasteiger charge is 2.38. The molecule has 2 aromatic rings. The zero-order valence-electron chi connectivity index (χ0n) is 15.5. The van der Waals surface area contributed by atoms with Crippen LogP contribution in [0.25, 0.3) is 0 Å². The third-order valence-corrected chi connectivity index (χ3v) is 5.20. The van der Waals surface area contributed by atoms with Crippen molar-refractivity contribution in [2.45, 2.75) is 44.9 Å². The number of carbonyl (C=O) groups excluding carboxylic acids is 2. The monoisotopic (exact) mass is 386 g/mol. The van der Waals surface area contributed by atoms with Gasteiger partial charge in [0.1, 0.15) is 11.6 Å². The Labute approximate surface area is 161 Å². The molecule has 1 saturated heterocycles. The number of hydrogen-bond donors (Lipinski definition) is 4. The molecule has 0 bridgehead atoms. The lowest BCUT2D eigenvalue weighted by Crippen LogP contribution is -2.59. The molecule has 1 aromatic heterocycles. The fraction of sp³-hybridized carbons (Fsp3) is 0.421. The summed E-state index contributed by atoms with van der Waals surface area (Å²) in [5.41, 5.74) is 1.18. The van der Waals surface area contributed by atoms with E-state index in [2.05, 4.69) is 26.4 Å². The van der Waals surface area contributed by atoms with Crippen LogP contribution in [0.1, 0.15) is 37.7 Å². The van der Waals surface area contributed by atoms with E-state index in [9.17, 15) is 14.0 Å². The largest absolute Gasteiger partial charge is 0.324 e. The first-order valence-electron chi connectivity index (χ1n) is 9.46. The van der Waals surface area contributed by atoms with Gasteiger partial charge in [-0.3, -0.25) is 15.4 Å². The second-order valence-corrected chi connectivity index (χ2v) is 7.28. The Hall–Kier alpha value is -2.94. The van der Waals surface area contributed by atoms with Crippen molar-refractivity contribution in [1.29, 1.82) is 0 Å². The summed E-state index contributed by atoms with van der Waals surface area (Å²) in [6, 6.07) is 6.85. The van der Waals surface area contributed by atoms with Crippen LogP contribution >= 0.6 is 0 Å². The molecule has 2 aliphatic rings. The Morgan fingerprint density at radius 2 is 1.96 bits per heavy atom.